The average molecular weight is 416 g/mol. The van der Waals surface area contributed by atoms with Crippen LogP contribution < -0.4 is 10.6 Å². The maximum Gasteiger partial charge on any atom is 0.416 e. The minimum absolute atomic E-state index is 0.134. The number of alkyl halides is 3. The molecule has 0 saturated carbocycles. The smallest absolute Gasteiger partial charge is 0.363 e. The number of amides is 1. The number of carbonyl (C=O) groups excluding carboxylic acids is 1. The summed E-state index contributed by atoms with van der Waals surface area (Å²) >= 11 is 5.37. The van der Waals surface area contributed by atoms with Crippen LogP contribution in [-0.2, 0) is 11.0 Å². The van der Waals surface area contributed by atoms with E-state index in [1.165, 1.54) is 6.07 Å². The third kappa shape index (κ3) is 5.83. The van der Waals surface area contributed by atoms with E-state index in [-0.39, 0.29) is 11.8 Å². The molecule has 1 heterocycles. The monoisotopic (exact) mass is 415 g/mol. The zero-order valence-corrected chi connectivity index (χ0v) is 17.3. The van der Waals surface area contributed by atoms with Crippen molar-refractivity contribution in [2.75, 3.05) is 26.2 Å². The molecule has 0 aliphatic carbocycles. The van der Waals surface area contributed by atoms with E-state index in [0.29, 0.717) is 42.8 Å². The highest BCUT2D eigenvalue weighted by atomic mass is 32.1. The zero-order valence-electron chi connectivity index (χ0n) is 16.5. The maximum atomic E-state index is 13.1. The van der Waals surface area contributed by atoms with Gasteiger partial charge >= 0.3 is 6.18 Å². The highest BCUT2D eigenvalue weighted by Gasteiger charge is 2.40. The van der Waals surface area contributed by atoms with Gasteiger partial charge < -0.3 is 15.5 Å². The Morgan fingerprint density at radius 2 is 2.00 bits per heavy atom. The molecule has 28 heavy (non-hydrogen) atoms. The fourth-order valence-electron chi connectivity index (χ4n) is 3.40. The molecule has 1 saturated heterocycles. The molecule has 0 unspecified atom stereocenters. The fourth-order valence-corrected chi connectivity index (χ4v) is 3.69. The summed E-state index contributed by atoms with van der Waals surface area (Å²) < 4.78 is 39.4. The third-order valence-corrected chi connectivity index (χ3v) is 5.34. The molecule has 8 heteroatoms. The highest BCUT2D eigenvalue weighted by molar-refractivity contribution is 7.80. The van der Waals surface area contributed by atoms with Crippen LogP contribution in [0.2, 0.25) is 0 Å². The molecule has 1 aliphatic heterocycles. The van der Waals surface area contributed by atoms with Crippen LogP contribution >= 0.6 is 12.2 Å². The molecule has 2 atom stereocenters. The maximum absolute atomic E-state index is 13.1. The van der Waals surface area contributed by atoms with Crippen molar-refractivity contribution in [2.24, 2.45) is 11.8 Å². The lowest BCUT2D eigenvalue weighted by atomic mass is 9.87. The van der Waals surface area contributed by atoms with Gasteiger partial charge in [-0.25, -0.2) is 0 Å². The van der Waals surface area contributed by atoms with E-state index in [1.807, 2.05) is 11.8 Å². The number of rotatable bonds is 6. The summed E-state index contributed by atoms with van der Waals surface area (Å²) in [5.74, 6) is -0.476. The van der Waals surface area contributed by atoms with Crippen molar-refractivity contribution < 1.29 is 18.0 Å². The zero-order chi connectivity index (χ0) is 20.9. The van der Waals surface area contributed by atoms with E-state index in [1.54, 1.807) is 6.07 Å². The minimum atomic E-state index is -4.41. The number of benzene rings is 1. The van der Waals surface area contributed by atoms with E-state index in [2.05, 4.69) is 24.5 Å². The minimum Gasteiger partial charge on any atom is -0.363 e. The molecule has 2 N–H and O–H groups in total. The molecule has 0 bridgehead atoms. The molecule has 0 radical (unpaired) electrons. The second-order valence-corrected chi connectivity index (χ2v) is 7.94. The summed E-state index contributed by atoms with van der Waals surface area (Å²) in [4.78, 5) is 14.7. The van der Waals surface area contributed by atoms with Crippen LogP contribution in [-0.4, -0.2) is 42.1 Å². The quantitative estimate of drug-likeness (QED) is 0.694. The van der Waals surface area contributed by atoms with Crippen molar-refractivity contribution in [3.63, 3.8) is 0 Å². The Balaban J connectivity index is 2.24. The second-order valence-electron chi connectivity index (χ2n) is 7.55. The van der Waals surface area contributed by atoms with Gasteiger partial charge in [0.05, 0.1) is 11.5 Å². The number of likely N-dealkylation sites (tertiary alicyclic amines) is 1. The van der Waals surface area contributed by atoms with Gasteiger partial charge in [-0.1, -0.05) is 32.0 Å². The Bertz CT molecular complexity index is 694. The molecule has 1 fully saturated rings. The van der Waals surface area contributed by atoms with E-state index in [0.717, 1.165) is 18.6 Å². The van der Waals surface area contributed by atoms with Gasteiger partial charge in [0.25, 0.3) is 0 Å². The Morgan fingerprint density at radius 3 is 2.61 bits per heavy atom. The van der Waals surface area contributed by atoms with Crippen LogP contribution in [0, 0.1) is 11.8 Å². The lowest BCUT2D eigenvalue weighted by molar-refractivity contribution is -0.137. The predicted molar refractivity (Wildman–Crippen MR) is 108 cm³/mol. The number of nitrogens with one attached hydrogen (secondary N) is 2. The van der Waals surface area contributed by atoms with Gasteiger partial charge in [-0.15, -0.1) is 0 Å². The summed E-state index contributed by atoms with van der Waals surface area (Å²) in [6.07, 6.45) is -3.56. The summed E-state index contributed by atoms with van der Waals surface area (Å²) in [6, 6.07) is 5.27. The van der Waals surface area contributed by atoms with Gasteiger partial charge in [0, 0.05) is 32.1 Å². The molecule has 2 rings (SSSR count). The van der Waals surface area contributed by atoms with Crippen molar-refractivity contribution in [3.8, 4) is 0 Å². The Morgan fingerprint density at radius 1 is 1.29 bits per heavy atom. The number of halogens is 3. The molecule has 1 aliphatic rings. The van der Waals surface area contributed by atoms with Gasteiger partial charge in [-0.2, -0.15) is 13.2 Å². The second kappa shape index (κ2) is 9.58. The number of hydrogen-bond donors (Lipinski definition) is 2. The molecule has 156 valence electrons. The Hall–Kier alpha value is -1.83. The van der Waals surface area contributed by atoms with E-state index >= 15 is 0 Å². The van der Waals surface area contributed by atoms with Crippen LogP contribution in [0.3, 0.4) is 0 Å². The molecular formula is C20H28F3N3OS. The van der Waals surface area contributed by atoms with Crippen molar-refractivity contribution in [1.82, 2.24) is 15.5 Å². The lowest BCUT2D eigenvalue weighted by Gasteiger charge is -2.20. The Kier molecular flexibility index (Phi) is 7.69. The summed E-state index contributed by atoms with van der Waals surface area (Å²) in [7, 11) is 0. The van der Waals surface area contributed by atoms with Gasteiger partial charge in [0.1, 0.15) is 0 Å². The van der Waals surface area contributed by atoms with Gasteiger partial charge in [-0.05, 0) is 43.1 Å². The van der Waals surface area contributed by atoms with Gasteiger partial charge in [0.2, 0.25) is 5.91 Å². The standard InChI is InChI=1S/C20H28F3N3OS/c1-4-24-19(28)26-11-16(14-6-5-7-15(10-14)20(21,22)23)17(12-26)18(27)25-9-8-13(2)3/h5-7,10,13,16-17H,4,8-9,11-12H2,1-3H3,(H,24,28)(H,25,27)/t16-,17-/m1/s1. The number of nitrogens with zero attached hydrogens (tertiary/aromatic N) is 1. The first-order valence-electron chi connectivity index (χ1n) is 9.61. The lowest BCUT2D eigenvalue weighted by Crippen LogP contribution is -2.40. The fraction of sp³-hybridized carbons (Fsp3) is 0.600. The van der Waals surface area contributed by atoms with Crippen molar-refractivity contribution in [1.29, 1.82) is 0 Å². The molecule has 1 aromatic carbocycles. The first-order chi connectivity index (χ1) is 13.1. The molecule has 0 aromatic heterocycles. The highest BCUT2D eigenvalue weighted by Crippen LogP contribution is 2.36. The van der Waals surface area contributed by atoms with Crippen molar-refractivity contribution >= 4 is 23.2 Å². The van der Waals surface area contributed by atoms with Crippen LogP contribution in [0.5, 0.6) is 0 Å². The third-order valence-electron chi connectivity index (χ3n) is 4.93. The van der Waals surface area contributed by atoms with Crippen LogP contribution in [0.15, 0.2) is 24.3 Å². The van der Waals surface area contributed by atoms with Crippen molar-refractivity contribution in [2.45, 2.75) is 39.3 Å². The normalized spacial score (nSPS) is 19.8. The predicted octanol–water partition coefficient (Wildman–Crippen LogP) is 3.78. The molecule has 1 aromatic rings. The SMILES string of the molecule is CCNC(=S)N1C[C@H](c2cccc(C(F)(F)F)c2)[C@H](C(=O)NCCC(C)C)C1. The van der Waals surface area contributed by atoms with E-state index in [9.17, 15) is 18.0 Å². The van der Waals surface area contributed by atoms with Crippen LogP contribution in [0.1, 0.15) is 44.2 Å². The molecule has 0 spiro atoms. The molecule has 1 amide bonds. The van der Waals surface area contributed by atoms with E-state index < -0.39 is 17.7 Å². The number of hydrogen-bond acceptors (Lipinski definition) is 2. The van der Waals surface area contributed by atoms with Crippen molar-refractivity contribution in [3.05, 3.63) is 35.4 Å². The van der Waals surface area contributed by atoms with Gasteiger partial charge in [0.15, 0.2) is 5.11 Å². The van der Waals surface area contributed by atoms with Gasteiger partial charge in [-0.3, -0.25) is 4.79 Å². The molecular weight excluding hydrogens is 387 g/mol. The number of thiocarbonyl (C=S) groups is 1. The summed E-state index contributed by atoms with van der Waals surface area (Å²) in [6.45, 7) is 8.07. The number of carbonyl (C=O) groups is 1. The summed E-state index contributed by atoms with van der Waals surface area (Å²) in [5.41, 5.74) is -0.183. The first kappa shape index (κ1) is 22.5. The largest absolute Gasteiger partial charge is 0.416 e. The Labute approximate surface area is 169 Å². The topological polar surface area (TPSA) is 44.4 Å². The first-order valence-corrected chi connectivity index (χ1v) is 10.0. The molecule has 4 nitrogen and oxygen atoms in total. The van der Waals surface area contributed by atoms with E-state index in [4.69, 9.17) is 12.2 Å². The average Bonchev–Trinajstić information content (AvgIpc) is 3.06. The summed E-state index contributed by atoms with van der Waals surface area (Å²) in [5, 5.41) is 6.52. The van der Waals surface area contributed by atoms with Crippen LogP contribution in [0.25, 0.3) is 0 Å². The van der Waals surface area contributed by atoms with Crippen LogP contribution in [0.4, 0.5) is 13.2 Å².